The third-order valence-electron chi connectivity index (χ3n) is 6.13. The van der Waals surface area contributed by atoms with Crippen LogP contribution >= 0.6 is 11.8 Å². The van der Waals surface area contributed by atoms with E-state index in [1.54, 1.807) is 7.11 Å². The van der Waals surface area contributed by atoms with Crippen LogP contribution in [0.5, 0.6) is 5.75 Å². The molecule has 3 aromatic rings. The third-order valence-corrected chi connectivity index (χ3v) is 7.22. The fraction of sp³-hybridized carbons (Fsp3) is 0.423. The summed E-state index contributed by atoms with van der Waals surface area (Å²) in [6.45, 7) is 2.68. The molecule has 0 spiro atoms. The van der Waals surface area contributed by atoms with Crippen molar-refractivity contribution in [1.82, 2.24) is 20.1 Å². The molecule has 4 rings (SSSR count). The highest BCUT2D eigenvalue weighted by Crippen LogP contribution is 2.29. The fourth-order valence-corrected chi connectivity index (χ4v) is 5.08. The number of hydrogen-bond donors (Lipinski definition) is 1. The van der Waals surface area contributed by atoms with Gasteiger partial charge in [-0.15, -0.1) is 10.2 Å². The minimum absolute atomic E-state index is 0.0792. The number of aryl methyl sites for hydroxylation is 1. The molecule has 174 valence electrons. The summed E-state index contributed by atoms with van der Waals surface area (Å²) in [6, 6.07) is 18.6. The van der Waals surface area contributed by atoms with E-state index in [9.17, 15) is 4.79 Å². The summed E-state index contributed by atoms with van der Waals surface area (Å²) in [7, 11) is 1.66. The Hall–Kier alpha value is -2.80. The van der Waals surface area contributed by atoms with E-state index in [4.69, 9.17) is 4.74 Å². The zero-order chi connectivity index (χ0) is 23.0. The zero-order valence-electron chi connectivity index (χ0n) is 19.4. The second kappa shape index (κ2) is 11.4. The summed E-state index contributed by atoms with van der Waals surface area (Å²) in [4.78, 5) is 12.9. The van der Waals surface area contributed by atoms with Crippen LogP contribution in [0.15, 0.2) is 59.8 Å². The summed E-state index contributed by atoms with van der Waals surface area (Å²) in [5, 5.41) is 12.7. The summed E-state index contributed by atoms with van der Waals surface area (Å²) < 4.78 is 7.42. The lowest BCUT2D eigenvalue weighted by Crippen LogP contribution is -2.40. The molecule has 2 aromatic carbocycles. The molecule has 1 fully saturated rings. The summed E-state index contributed by atoms with van der Waals surface area (Å²) in [6.07, 6.45) is 6.70. The van der Waals surface area contributed by atoms with Gasteiger partial charge in [0.1, 0.15) is 5.75 Å². The van der Waals surface area contributed by atoms with E-state index in [0.717, 1.165) is 48.1 Å². The first-order chi connectivity index (χ1) is 16.1. The molecule has 1 unspecified atom stereocenters. The monoisotopic (exact) mass is 464 g/mol. The SMILES string of the molecule is COc1ccc(-c2nnc(SC(C)C(=O)NC3CCCCC3)n2CCc2ccccc2)cc1. The highest BCUT2D eigenvalue weighted by molar-refractivity contribution is 8.00. The number of carbonyl (C=O) groups excluding carboxylic acids is 1. The van der Waals surface area contributed by atoms with E-state index in [-0.39, 0.29) is 11.2 Å². The van der Waals surface area contributed by atoms with Crippen molar-refractivity contribution in [3.05, 3.63) is 60.2 Å². The number of carbonyl (C=O) groups is 1. The van der Waals surface area contributed by atoms with Crippen LogP contribution < -0.4 is 10.1 Å². The molecule has 0 aliphatic heterocycles. The lowest BCUT2D eigenvalue weighted by molar-refractivity contribution is -0.121. The molecule has 0 radical (unpaired) electrons. The molecule has 1 atom stereocenters. The highest BCUT2D eigenvalue weighted by Gasteiger charge is 2.23. The largest absolute Gasteiger partial charge is 0.497 e. The number of nitrogens with zero attached hydrogens (tertiary/aromatic N) is 3. The van der Waals surface area contributed by atoms with E-state index in [0.29, 0.717) is 6.04 Å². The van der Waals surface area contributed by atoms with Crippen LogP contribution in [0.1, 0.15) is 44.6 Å². The number of aromatic nitrogens is 3. The van der Waals surface area contributed by atoms with Crippen molar-refractivity contribution >= 4 is 17.7 Å². The molecular weight excluding hydrogens is 432 g/mol. The number of hydrogen-bond acceptors (Lipinski definition) is 5. The smallest absolute Gasteiger partial charge is 0.233 e. The van der Waals surface area contributed by atoms with Gasteiger partial charge in [0.25, 0.3) is 0 Å². The molecule has 1 N–H and O–H groups in total. The number of thioether (sulfide) groups is 1. The van der Waals surface area contributed by atoms with Gasteiger partial charge in [-0.05, 0) is 56.0 Å². The van der Waals surface area contributed by atoms with Crippen LogP contribution in [-0.2, 0) is 17.8 Å². The van der Waals surface area contributed by atoms with Gasteiger partial charge in [-0.25, -0.2) is 0 Å². The van der Waals surface area contributed by atoms with E-state index < -0.39 is 0 Å². The van der Waals surface area contributed by atoms with Crippen molar-refractivity contribution in [1.29, 1.82) is 0 Å². The molecule has 6 nitrogen and oxygen atoms in total. The van der Waals surface area contributed by atoms with Crippen LogP contribution in [0.4, 0.5) is 0 Å². The average molecular weight is 465 g/mol. The molecule has 1 amide bonds. The zero-order valence-corrected chi connectivity index (χ0v) is 20.2. The second-order valence-electron chi connectivity index (χ2n) is 8.53. The van der Waals surface area contributed by atoms with Gasteiger partial charge in [-0.2, -0.15) is 0 Å². The first kappa shape index (κ1) is 23.4. The topological polar surface area (TPSA) is 69.0 Å². The first-order valence-corrected chi connectivity index (χ1v) is 12.6. The van der Waals surface area contributed by atoms with Crippen molar-refractivity contribution in [2.24, 2.45) is 0 Å². The van der Waals surface area contributed by atoms with Gasteiger partial charge in [0, 0.05) is 18.2 Å². The normalized spacial score (nSPS) is 15.2. The van der Waals surface area contributed by atoms with Gasteiger partial charge in [0.05, 0.1) is 12.4 Å². The molecule has 0 bridgehead atoms. The fourth-order valence-electron chi connectivity index (χ4n) is 4.19. The van der Waals surface area contributed by atoms with Crippen LogP contribution in [0, 0.1) is 0 Å². The number of amides is 1. The number of methoxy groups -OCH3 is 1. The van der Waals surface area contributed by atoms with Crippen molar-refractivity contribution in [2.45, 2.75) is 68.4 Å². The van der Waals surface area contributed by atoms with Crippen molar-refractivity contribution in [3.63, 3.8) is 0 Å². The Balaban J connectivity index is 1.52. The predicted octanol–water partition coefficient (Wildman–Crippen LogP) is 5.13. The molecule has 33 heavy (non-hydrogen) atoms. The van der Waals surface area contributed by atoms with Crippen LogP contribution in [0.25, 0.3) is 11.4 Å². The lowest BCUT2D eigenvalue weighted by Gasteiger charge is -2.24. The van der Waals surface area contributed by atoms with Gasteiger partial charge < -0.3 is 14.6 Å². The molecule has 0 saturated heterocycles. The van der Waals surface area contributed by atoms with Gasteiger partial charge in [-0.3, -0.25) is 4.79 Å². The average Bonchev–Trinajstić information content (AvgIpc) is 3.26. The molecule has 1 heterocycles. The molecule has 1 aromatic heterocycles. The number of ether oxygens (including phenoxy) is 1. The Labute approximate surface area is 200 Å². The van der Waals surface area contributed by atoms with E-state index >= 15 is 0 Å². The molecule has 1 aliphatic carbocycles. The maximum absolute atomic E-state index is 12.9. The summed E-state index contributed by atoms with van der Waals surface area (Å²) >= 11 is 1.48. The Morgan fingerprint density at radius 2 is 1.82 bits per heavy atom. The maximum atomic E-state index is 12.9. The van der Waals surface area contributed by atoms with E-state index in [2.05, 4.69) is 44.3 Å². The Kier molecular flexibility index (Phi) is 8.05. The third kappa shape index (κ3) is 6.16. The van der Waals surface area contributed by atoms with Crippen molar-refractivity contribution < 1.29 is 9.53 Å². The highest BCUT2D eigenvalue weighted by atomic mass is 32.2. The number of nitrogens with one attached hydrogen (secondary N) is 1. The Morgan fingerprint density at radius 3 is 2.52 bits per heavy atom. The van der Waals surface area contributed by atoms with Gasteiger partial charge in [-0.1, -0.05) is 61.4 Å². The molecular formula is C26H32N4O2S. The molecule has 1 aliphatic rings. The van der Waals surface area contributed by atoms with Crippen LogP contribution in [0.3, 0.4) is 0 Å². The van der Waals surface area contributed by atoms with Crippen molar-refractivity contribution in [2.75, 3.05) is 7.11 Å². The van der Waals surface area contributed by atoms with Crippen LogP contribution in [-0.4, -0.2) is 39.1 Å². The molecule has 1 saturated carbocycles. The predicted molar refractivity (Wildman–Crippen MR) is 132 cm³/mol. The first-order valence-electron chi connectivity index (χ1n) is 11.7. The van der Waals surface area contributed by atoms with Gasteiger partial charge in [0.2, 0.25) is 5.91 Å². The second-order valence-corrected chi connectivity index (χ2v) is 9.83. The maximum Gasteiger partial charge on any atom is 0.233 e. The van der Waals surface area contributed by atoms with E-state index in [1.807, 2.05) is 37.3 Å². The van der Waals surface area contributed by atoms with Crippen LogP contribution in [0.2, 0.25) is 0 Å². The molecule has 7 heteroatoms. The van der Waals surface area contributed by atoms with E-state index in [1.165, 1.54) is 36.6 Å². The minimum atomic E-state index is -0.240. The van der Waals surface area contributed by atoms with Gasteiger partial charge >= 0.3 is 0 Å². The summed E-state index contributed by atoms with van der Waals surface area (Å²) in [5.74, 6) is 1.68. The van der Waals surface area contributed by atoms with Crippen molar-refractivity contribution in [3.8, 4) is 17.1 Å². The van der Waals surface area contributed by atoms with Gasteiger partial charge in [0.15, 0.2) is 11.0 Å². The Morgan fingerprint density at radius 1 is 1.09 bits per heavy atom. The summed E-state index contributed by atoms with van der Waals surface area (Å²) in [5.41, 5.74) is 2.23. The number of rotatable bonds is 9. The Bertz CT molecular complexity index is 1030. The standard InChI is InChI=1S/C26H32N4O2S/c1-19(25(31)27-22-11-7-4-8-12-22)33-26-29-28-24(21-13-15-23(32-2)16-14-21)30(26)18-17-20-9-5-3-6-10-20/h3,5-6,9-10,13-16,19,22H,4,7-8,11-12,17-18H2,1-2H3,(H,27,31). The number of benzene rings is 2. The lowest BCUT2D eigenvalue weighted by atomic mass is 9.95. The minimum Gasteiger partial charge on any atom is -0.497 e. The quantitative estimate of drug-likeness (QED) is 0.445.